The molecule has 1 atom stereocenters. The predicted octanol–water partition coefficient (Wildman–Crippen LogP) is 4.04. The van der Waals surface area contributed by atoms with E-state index in [0.29, 0.717) is 0 Å². The highest BCUT2D eigenvalue weighted by Gasteiger charge is 2.08. The monoisotopic (exact) mass is 304 g/mol. The minimum absolute atomic E-state index is 0.183. The molecular weight excluding hydrogens is 296 g/mol. The lowest BCUT2D eigenvalue weighted by Crippen LogP contribution is -1.91. The van der Waals surface area contributed by atoms with Gasteiger partial charge < -0.3 is 4.74 Å². The number of allylic oxidation sites excluding steroid dienone is 1. The van der Waals surface area contributed by atoms with E-state index in [-0.39, 0.29) is 4.83 Å². The third kappa shape index (κ3) is 2.85. The Kier molecular flexibility index (Phi) is 4.53. The number of rotatable bonds is 3. The van der Waals surface area contributed by atoms with Gasteiger partial charge in [0.05, 0.1) is 11.9 Å². The Morgan fingerprint density at radius 3 is 2.69 bits per heavy atom. The molecule has 1 nitrogen and oxygen atoms in total. The van der Waals surface area contributed by atoms with Gasteiger partial charge in [0.1, 0.15) is 5.75 Å². The van der Waals surface area contributed by atoms with Crippen molar-refractivity contribution in [3.63, 3.8) is 0 Å². The molecule has 0 aliphatic rings. The van der Waals surface area contributed by atoms with Gasteiger partial charge in [-0.15, -0.1) is 0 Å². The summed E-state index contributed by atoms with van der Waals surface area (Å²) in [5.41, 5.74) is 1.13. The molecule has 1 rings (SSSR count). The van der Waals surface area contributed by atoms with Crippen molar-refractivity contribution in [2.75, 3.05) is 7.11 Å². The van der Waals surface area contributed by atoms with Gasteiger partial charge in [0.2, 0.25) is 0 Å². The van der Waals surface area contributed by atoms with Crippen molar-refractivity contribution in [2.24, 2.45) is 0 Å². The first kappa shape index (κ1) is 10.8. The van der Waals surface area contributed by atoms with Crippen LogP contribution in [0.15, 0.2) is 35.3 Å². The van der Waals surface area contributed by atoms with Crippen molar-refractivity contribution in [1.82, 2.24) is 0 Å². The maximum Gasteiger partial charge on any atom is 0.123 e. The largest absolute Gasteiger partial charge is 0.496 e. The van der Waals surface area contributed by atoms with Crippen LogP contribution in [-0.2, 0) is 0 Å². The zero-order valence-electron chi connectivity index (χ0n) is 7.21. The molecule has 13 heavy (non-hydrogen) atoms. The molecular formula is C10H10Br2O. The van der Waals surface area contributed by atoms with Crippen molar-refractivity contribution in [3.05, 3.63) is 40.9 Å². The lowest BCUT2D eigenvalue weighted by Gasteiger charge is -2.09. The summed E-state index contributed by atoms with van der Waals surface area (Å²) in [5, 5.41) is 0. The number of hydrogen-bond donors (Lipinski definition) is 0. The van der Waals surface area contributed by atoms with Crippen LogP contribution in [0.5, 0.6) is 5.75 Å². The Hall–Kier alpha value is -0.280. The fraction of sp³-hybridized carbons (Fsp3) is 0.200. The molecule has 0 bridgehead atoms. The molecule has 1 aromatic rings. The van der Waals surface area contributed by atoms with Crippen LogP contribution < -0.4 is 4.74 Å². The normalized spacial score (nSPS) is 13.2. The molecule has 0 heterocycles. The summed E-state index contributed by atoms with van der Waals surface area (Å²) in [6, 6.07) is 7.94. The van der Waals surface area contributed by atoms with E-state index in [0.717, 1.165) is 11.3 Å². The highest BCUT2D eigenvalue weighted by molar-refractivity contribution is 9.11. The highest BCUT2D eigenvalue weighted by atomic mass is 79.9. The number of para-hydroxylation sites is 1. The maximum absolute atomic E-state index is 5.23. The summed E-state index contributed by atoms with van der Waals surface area (Å²) in [4.78, 5) is 2.02. The van der Waals surface area contributed by atoms with Crippen LogP contribution in [0.2, 0.25) is 0 Å². The number of benzene rings is 1. The standard InChI is InChI=1S/C10H10Br2O/c1-13-10-5-3-2-4-8(10)9(12)6-7-11/h2-7,9H,1H3. The summed E-state index contributed by atoms with van der Waals surface area (Å²) >= 11 is 6.78. The molecule has 0 saturated carbocycles. The zero-order chi connectivity index (χ0) is 9.68. The quantitative estimate of drug-likeness (QED) is 0.766. The third-order valence-corrected chi connectivity index (χ3v) is 2.78. The molecule has 0 amide bonds. The Labute approximate surface area is 95.1 Å². The summed E-state index contributed by atoms with van der Waals surface area (Å²) in [7, 11) is 1.68. The third-order valence-electron chi connectivity index (χ3n) is 1.68. The number of halogens is 2. The van der Waals surface area contributed by atoms with E-state index >= 15 is 0 Å². The first-order valence-corrected chi connectivity index (χ1v) is 5.66. The maximum atomic E-state index is 5.23. The van der Waals surface area contributed by atoms with Crippen LogP contribution in [0.1, 0.15) is 10.4 Å². The lowest BCUT2D eigenvalue weighted by molar-refractivity contribution is 0.410. The molecule has 3 heteroatoms. The predicted molar refractivity (Wildman–Crippen MR) is 62.7 cm³/mol. The number of ether oxygens (including phenoxy) is 1. The second-order valence-electron chi connectivity index (χ2n) is 2.46. The molecule has 0 saturated heterocycles. The van der Waals surface area contributed by atoms with Gasteiger partial charge in [-0.3, -0.25) is 0 Å². The van der Waals surface area contributed by atoms with Gasteiger partial charge in [0.25, 0.3) is 0 Å². The molecule has 0 radical (unpaired) electrons. The van der Waals surface area contributed by atoms with E-state index < -0.39 is 0 Å². The van der Waals surface area contributed by atoms with E-state index in [9.17, 15) is 0 Å². The summed E-state index contributed by atoms with van der Waals surface area (Å²) < 4.78 is 5.23. The fourth-order valence-corrected chi connectivity index (χ4v) is 2.31. The van der Waals surface area contributed by atoms with Gasteiger partial charge in [0.15, 0.2) is 0 Å². The first-order valence-electron chi connectivity index (χ1n) is 3.83. The summed E-state index contributed by atoms with van der Waals surface area (Å²) in [6.07, 6.45) is 2.00. The second-order valence-corrected chi connectivity index (χ2v) is 3.98. The average Bonchev–Trinajstić information content (AvgIpc) is 2.18. The van der Waals surface area contributed by atoms with Gasteiger partial charge in [-0.25, -0.2) is 0 Å². The minimum Gasteiger partial charge on any atom is -0.496 e. The van der Waals surface area contributed by atoms with E-state index in [1.54, 1.807) is 7.11 Å². The first-order chi connectivity index (χ1) is 6.29. The van der Waals surface area contributed by atoms with Crippen molar-refractivity contribution in [2.45, 2.75) is 4.83 Å². The zero-order valence-corrected chi connectivity index (χ0v) is 10.4. The molecule has 0 N–H and O–H groups in total. The molecule has 0 spiro atoms. The Balaban J connectivity index is 2.98. The average molecular weight is 306 g/mol. The van der Waals surface area contributed by atoms with Gasteiger partial charge >= 0.3 is 0 Å². The van der Waals surface area contributed by atoms with Gasteiger partial charge in [0, 0.05) is 5.56 Å². The molecule has 0 aliphatic heterocycles. The molecule has 1 aromatic carbocycles. The van der Waals surface area contributed by atoms with Crippen molar-refractivity contribution < 1.29 is 4.74 Å². The van der Waals surface area contributed by atoms with Crippen LogP contribution >= 0.6 is 31.9 Å². The molecule has 0 aromatic heterocycles. The topological polar surface area (TPSA) is 9.23 Å². The number of methoxy groups -OCH3 is 1. The lowest BCUT2D eigenvalue weighted by atomic mass is 10.1. The van der Waals surface area contributed by atoms with E-state index in [1.807, 2.05) is 35.3 Å². The van der Waals surface area contributed by atoms with Crippen molar-refractivity contribution in [3.8, 4) is 5.75 Å². The molecule has 0 aliphatic carbocycles. The smallest absolute Gasteiger partial charge is 0.123 e. The fourth-order valence-electron chi connectivity index (χ4n) is 1.06. The number of alkyl halides is 1. The van der Waals surface area contributed by atoms with Crippen LogP contribution in [-0.4, -0.2) is 7.11 Å². The van der Waals surface area contributed by atoms with E-state index in [1.165, 1.54) is 0 Å². The molecule has 0 fully saturated rings. The van der Waals surface area contributed by atoms with Crippen LogP contribution in [0.25, 0.3) is 0 Å². The van der Waals surface area contributed by atoms with Crippen LogP contribution in [0.3, 0.4) is 0 Å². The summed E-state index contributed by atoms with van der Waals surface area (Å²) in [5.74, 6) is 0.898. The second kappa shape index (κ2) is 5.45. The van der Waals surface area contributed by atoms with E-state index in [4.69, 9.17) is 4.74 Å². The Morgan fingerprint density at radius 2 is 2.08 bits per heavy atom. The summed E-state index contributed by atoms with van der Waals surface area (Å²) in [6.45, 7) is 0. The van der Waals surface area contributed by atoms with Crippen LogP contribution in [0.4, 0.5) is 0 Å². The van der Waals surface area contributed by atoms with Gasteiger partial charge in [-0.2, -0.15) is 0 Å². The van der Waals surface area contributed by atoms with E-state index in [2.05, 4.69) is 31.9 Å². The highest BCUT2D eigenvalue weighted by Crippen LogP contribution is 2.31. The SMILES string of the molecule is COc1ccccc1C(Br)C=CBr. The van der Waals surface area contributed by atoms with Gasteiger partial charge in [-0.1, -0.05) is 56.1 Å². The van der Waals surface area contributed by atoms with Crippen molar-refractivity contribution >= 4 is 31.9 Å². The molecule has 70 valence electrons. The number of hydrogen-bond acceptors (Lipinski definition) is 1. The Bertz CT molecular complexity index is 297. The Morgan fingerprint density at radius 1 is 1.38 bits per heavy atom. The van der Waals surface area contributed by atoms with Crippen LogP contribution in [0, 0.1) is 0 Å². The van der Waals surface area contributed by atoms with Crippen molar-refractivity contribution in [1.29, 1.82) is 0 Å². The van der Waals surface area contributed by atoms with Gasteiger partial charge in [-0.05, 0) is 11.1 Å². The minimum atomic E-state index is 0.183. The molecule has 1 unspecified atom stereocenters.